The zero-order valence-electron chi connectivity index (χ0n) is 15.1. The molecular formula is C20H22ClN3O2S. The van der Waals surface area contributed by atoms with Crippen molar-refractivity contribution in [3.8, 4) is 0 Å². The fraction of sp³-hybridized carbons (Fsp3) is 0.250. The van der Waals surface area contributed by atoms with E-state index in [4.69, 9.17) is 11.6 Å². The standard InChI is InChI=1S/C20H22ClN3O2S/c1-2-3-7-16-10-12-18(13-11-16)27(25,26)23-20-19(21)15-24(22-20)14-17-8-5-4-6-9-17/h4-6,8-13,15H,2-3,7,14H2,1H3,(H,22,23). The lowest BCUT2D eigenvalue weighted by atomic mass is 10.1. The van der Waals surface area contributed by atoms with Crippen molar-refractivity contribution in [3.63, 3.8) is 0 Å². The Morgan fingerprint density at radius 2 is 1.74 bits per heavy atom. The van der Waals surface area contributed by atoms with Crippen LogP contribution in [0, 0.1) is 0 Å². The molecule has 27 heavy (non-hydrogen) atoms. The molecular weight excluding hydrogens is 382 g/mol. The number of nitrogens with one attached hydrogen (secondary N) is 1. The lowest BCUT2D eigenvalue weighted by Crippen LogP contribution is -2.14. The van der Waals surface area contributed by atoms with Crippen molar-refractivity contribution in [1.82, 2.24) is 9.78 Å². The van der Waals surface area contributed by atoms with Crippen LogP contribution in [-0.2, 0) is 23.0 Å². The van der Waals surface area contributed by atoms with Crippen molar-refractivity contribution in [1.29, 1.82) is 0 Å². The van der Waals surface area contributed by atoms with E-state index in [9.17, 15) is 8.42 Å². The van der Waals surface area contributed by atoms with E-state index in [1.54, 1.807) is 23.0 Å². The second-order valence-electron chi connectivity index (χ2n) is 6.36. The van der Waals surface area contributed by atoms with Gasteiger partial charge in [-0.3, -0.25) is 9.40 Å². The summed E-state index contributed by atoms with van der Waals surface area (Å²) in [6.45, 7) is 2.64. The van der Waals surface area contributed by atoms with Crippen molar-refractivity contribution in [2.45, 2.75) is 37.6 Å². The van der Waals surface area contributed by atoms with Crippen LogP contribution in [0.25, 0.3) is 0 Å². The Balaban J connectivity index is 1.73. The molecule has 142 valence electrons. The van der Waals surface area contributed by atoms with Crippen LogP contribution in [0.1, 0.15) is 30.9 Å². The van der Waals surface area contributed by atoms with Gasteiger partial charge >= 0.3 is 0 Å². The molecule has 3 aromatic rings. The fourth-order valence-electron chi connectivity index (χ4n) is 2.72. The molecule has 7 heteroatoms. The first-order chi connectivity index (χ1) is 13.0. The van der Waals surface area contributed by atoms with Crippen molar-refractivity contribution in [3.05, 3.63) is 76.9 Å². The lowest BCUT2D eigenvalue weighted by molar-refractivity contribution is 0.600. The average Bonchev–Trinajstić information content (AvgIpc) is 2.99. The molecule has 0 aliphatic heterocycles. The predicted molar refractivity (Wildman–Crippen MR) is 109 cm³/mol. The number of halogens is 1. The summed E-state index contributed by atoms with van der Waals surface area (Å²) >= 11 is 6.18. The van der Waals surface area contributed by atoms with Crippen LogP contribution >= 0.6 is 11.6 Å². The predicted octanol–water partition coefficient (Wildman–Crippen LogP) is 4.73. The summed E-state index contributed by atoms with van der Waals surface area (Å²) in [6.07, 6.45) is 4.74. The Labute approximate surface area is 165 Å². The topological polar surface area (TPSA) is 64.0 Å². The minimum absolute atomic E-state index is 0.127. The highest BCUT2D eigenvalue weighted by Crippen LogP contribution is 2.23. The molecule has 1 aromatic heterocycles. The zero-order valence-corrected chi connectivity index (χ0v) is 16.7. The van der Waals surface area contributed by atoms with E-state index in [0.717, 1.165) is 30.4 Å². The van der Waals surface area contributed by atoms with Gasteiger partial charge in [0, 0.05) is 6.20 Å². The number of hydrogen-bond acceptors (Lipinski definition) is 3. The molecule has 0 fully saturated rings. The normalized spacial score (nSPS) is 11.5. The Morgan fingerprint density at radius 3 is 2.41 bits per heavy atom. The van der Waals surface area contributed by atoms with E-state index >= 15 is 0 Å². The first-order valence-corrected chi connectivity index (χ1v) is 10.7. The maximum absolute atomic E-state index is 12.6. The molecule has 2 aromatic carbocycles. The minimum Gasteiger partial charge on any atom is -0.265 e. The van der Waals surface area contributed by atoms with Crippen LogP contribution in [0.3, 0.4) is 0 Å². The largest absolute Gasteiger partial charge is 0.265 e. The van der Waals surface area contributed by atoms with E-state index < -0.39 is 10.0 Å². The van der Waals surface area contributed by atoms with Gasteiger partial charge in [-0.25, -0.2) is 8.42 Å². The molecule has 0 aliphatic carbocycles. The molecule has 0 spiro atoms. The van der Waals surface area contributed by atoms with E-state index in [-0.39, 0.29) is 15.7 Å². The third kappa shape index (κ3) is 5.11. The number of anilines is 1. The SMILES string of the molecule is CCCCc1ccc(S(=O)(=O)Nc2nn(Cc3ccccc3)cc2Cl)cc1. The quantitative estimate of drug-likeness (QED) is 0.591. The molecule has 1 N–H and O–H groups in total. The molecule has 5 nitrogen and oxygen atoms in total. The highest BCUT2D eigenvalue weighted by Gasteiger charge is 2.18. The third-order valence-electron chi connectivity index (χ3n) is 4.19. The lowest BCUT2D eigenvalue weighted by Gasteiger charge is -2.07. The van der Waals surface area contributed by atoms with Gasteiger partial charge in [0.2, 0.25) is 0 Å². The first-order valence-electron chi connectivity index (χ1n) is 8.86. The van der Waals surface area contributed by atoms with E-state index in [2.05, 4.69) is 16.7 Å². The monoisotopic (exact) mass is 403 g/mol. The molecule has 0 saturated carbocycles. The summed E-state index contributed by atoms with van der Waals surface area (Å²) in [6, 6.07) is 16.7. The molecule has 0 atom stereocenters. The molecule has 0 bridgehead atoms. The van der Waals surface area contributed by atoms with Crippen molar-refractivity contribution in [2.75, 3.05) is 4.72 Å². The maximum atomic E-state index is 12.6. The van der Waals surface area contributed by atoms with Crippen LogP contribution < -0.4 is 4.72 Å². The Morgan fingerprint density at radius 1 is 1.04 bits per heavy atom. The molecule has 3 rings (SSSR count). The highest BCUT2D eigenvalue weighted by molar-refractivity contribution is 7.92. The average molecular weight is 404 g/mol. The van der Waals surface area contributed by atoms with E-state index in [1.165, 1.54) is 0 Å². The smallest absolute Gasteiger partial charge is 0.263 e. The third-order valence-corrected chi connectivity index (χ3v) is 5.82. The van der Waals surface area contributed by atoms with Crippen LogP contribution in [0.2, 0.25) is 5.02 Å². The van der Waals surface area contributed by atoms with Gasteiger partial charge in [0.05, 0.1) is 11.4 Å². The van der Waals surface area contributed by atoms with Crippen molar-refractivity contribution < 1.29 is 8.42 Å². The summed E-state index contributed by atoms with van der Waals surface area (Å²) < 4.78 is 29.3. The summed E-state index contributed by atoms with van der Waals surface area (Å²) in [5, 5.41) is 4.53. The second kappa shape index (κ2) is 8.59. The Kier molecular flexibility index (Phi) is 6.19. The van der Waals surface area contributed by atoms with Gasteiger partial charge in [0.15, 0.2) is 5.82 Å². The van der Waals surface area contributed by atoms with Crippen molar-refractivity contribution >= 4 is 27.4 Å². The zero-order chi connectivity index (χ0) is 19.3. The van der Waals surface area contributed by atoms with Gasteiger partial charge in [-0.2, -0.15) is 5.10 Å². The maximum Gasteiger partial charge on any atom is 0.263 e. The van der Waals surface area contributed by atoms with Crippen LogP contribution in [0.4, 0.5) is 5.82 Å². The molecule has 1 heterocycles. The minimum atomic E-state index is -3.74. The molecule has 0 aliphatic rings. The first kappa shape index (κ1) is 19.5. The number of rotatable bonds is 8. The Hall–Kier alpha value is -2.31. The number of nitrogens with zero attached hydrogens (tertiary/aromatic N) is 2. The molecule has 0 amide bonds. The second-order valence-corrected chi connectivity index (χ2v) is 8.45. The van der Waals surface area contributed by atoms with Crippen LogP contribution in [-0.4, -0.2) is 18.2 Å². The van der Waals surface area contributed by atoms with Crippen LogP contribution in [0.15, 0.2) is 65.7 Å². The number of sulfonamides is 1. The van der Waals surface area contributed by atoms with Gasteiger partial charge in [-0.1, -0.05) is 67.4 Å². The van der Waals surface area contributed by atoms with Gasteiger partial charge < -0.3 is 0 Å². The van der Waals surface area contributed by atoms with Gasteiger partial charge in [-0.15, -0.1) is 0 Å². The van der Waals surface area contributed by atoms with Gasteiger partial charge in [-0.05, 0) is 36.1 Å². The van der Waals surface area contributed by atoms with Gasteiger partial charge in [0.25, 0.3) is 10.0 Å². The number of unbranched alkanes of at least 4 members (excludes halogenated alkanes) is 1. The fourth-order valence-corrected chi connectivity index (χ4v) is 3.99. The van der Waals surface area contributed by atoms with E-state index in [0.29, 0.717) is 6.54 Å². The van der Waals surface area contributed by atoms with Crippen LogP contribution in [0.5, 0.6) is 0 Å². The summed E-state index contributed by atoms with van der Waals surface area (Å²) in [5.41, 5.74) is 2.18. The number of hydrogen-bond donors (Lipinski definition) is 1. The molecule has 0 saturated heterocycles. The Bertz CT molecular complexity index is 984. The van der Waals surface area contributed by atoms with Gasteiger partial charge in [0.1, 0.15) is 5.02 Å². The summed E-state index contributed by atoms with van der Waals surface area (Å²) in [5.74, 6) is 0.127. The van der Waals surface area contributed by atoms with Crippen molar-refractivity contribution in [2.24, 2.45) is 0 Å². The summed E-state index contributed by atoms with van der Waals surface area (Å²) in [7, 11) is -3.74. The molecule has 0 unspecified atom stereocenters. The highest BCUT2D eigenvalue weighted by atomic mass is 35.5. The number of benzene rings is 2. The summed E-state index contributed by atoms with van der Waals surface area (Å²) in [4.78, 5) is 0.191. The van der Waals surface area contributed by atoms with E-state index in [1.807, 2.05) is 42.5 Å². The number of aromatic nitrogens is 2. The molecule has 0 radical (unpaired) electrons. The number of aryl methyl sites for hydroxylation is 1.